The number of carbonyl (C=O) groups excluding carboxylic acids is 2. The van der Waals surface area contributed by atoms with Gasteiger partial charge in [-0.2, -0.15) is 0 Å². The third-order valence-electron chi connectivity index (χ3n) is 3.55. The number of methoxy groups -OCH3 is 2. The van der Waals surface area contributed by atoms with E-state index in [4.69, 9.17) is 0 Å². The van der Waals surface area contributed by atoms with E-state index >= 15 is 0 Å². The molecule has 0 unspecified atom stereocenters. The summed E-state index contributed by atoms with van der Waals surface area (Å²) in [6, 6.07) is 4.92. The molecule has 0 radical (unpaired) electrons. The largest absolute Gasteiger partial charge is 0.466 e. The standard InChI is InChI=1S/C17H20N2O6S2/c1-4-5-8-27(22,23)17-19-12-7-6-11(9-14(12)26-17)18-13(16(21)25-3)10-15(20)24-2/h6-7,9-10,18H,4-5,8H2,1-3H3/b13-10+. The van der Waals surface area contributed by atoms with Gasteiger partial charge in [-0.3, -0.25) is 0 Å². The predicted octanol–water partition coefficient (Wildman–Crippen LogP) is 2.51. The second-order valence-corrected chi connectivity index (χ2v) is 8.85. The van der Waals surface area contributed by atoms with Crippen molar-refractivity contribution in [2.24, 2.45) is 0 Å². The molecule has 1 aromatic carbocycles. The molecule has 2 aromatic rings. The van der Waals surface area contributed by atoms with Crippen molar-refractivity contribution in [2.75, 3.05) is 25.3 Å². The molecule has 1 heterocycles. The van der Waals surface area contributed by atoms with E-state index in [1.54, 1.807) is 18.2 Å². The van der Waals surface area contributed by atoms with Gasteiger partial charge in [-0.1, -0.05) is 13.3 Å². The lowest BCUT2D eigenvalue weighted by Gasteiger charge is -2.08. The Hall–Kier alpha value is -2.46. The molecule has 0 saturated heterocycles. The summed E-state index contributed by atoms with van der Waals surface area (Å²) in [5, 5.41) is 2.78. The van der Waals surface area contributed by atoms with Gasteiger partial charge in [0.1, 0.15) is 5.70 Å². The highest BCUT2D eigenvalue weighted by atomic mass is 32.2. The molecule has 10 heteroatoms. The van der Waals surface area contributed by atoms with Crippen molar-refractivity contribution < 1.29 is 27.5 Å². The van der Waals surface area contributed by atoms with Gasteiger partial charge >= 0.3 is 11.9 Å². The topological polar surface area (TPSA) is 112 Å². The molecule has 0 aliphatic rings. The molecule has 0 spiro atoms. The zero-order valence-corrected chi connectivity index (χ0v) is 16.8. The van der Waals surface area contributed by atoms with E-state index in [1.807, 2.05) is 6.92 Å². The highest BCUT2D eigenvalue weighted by Gasteiger charge is 2.19. The molecule has 0 atom stereocenters. The van der Waals surface area contributed by atoms with E-state index < -0.39 is 21.8 Å². The lowest BCUT2D eigenvalue weighted by atomic mass is 10.2. The molecule has 0 fully saturated rings. The molecule has 0 saturated carbocycles. The second-order valence-electron chi connectivity index (χ2n) is 5.53. The first-order valence-corrected chi connectivity index (χ1v) is 10.6. The number of carbonyl (C=O) groups is 2. The van der Waals surface area contributed by atoms with Crippen LogP contribution in [0.1, 0.15) is 19.8 Å². The number of thiazole rings is 1. The summed E-state index contributed by atoms with van der Waals surface area (Å²) < 4.78 is 34.5. The van der Waals surface area contributed by atoms with E-state index in [0.29, 0.717) is 22.3 Å². The molecule has 0 aliphatic heterocycles. The molecule has 0 amide bonds. The highest BCUT2D eigenvalue weighted by molar-refractivity contribution is 7.93. The number of rotatable bonds is 8. The molecule has 0 bridgehead atoms. The third kappa shape index (κ3) is 5.27. The average Bonchev–Trinajstić information content (AvgIpc) is 3.09. The number of benzene rings is 1. The van der Waals surface area contributed by atoms with Crippen molar-refractivity contribution in [3.8, 4) is 0 Å². The lowest BCUT2D eigenvalue weighted by Crippen LogP contribution is -2.15. The average molecular weight is 412 g/mol. The first-order valence-electron chi connectivity index (χ1n) is 8.09. The number of fused-ring (bicyclic) bond motifs is 1. The molecule has 0 aliphatic carbocycles. The van der Waals surface area contributed by atoms with Crippen molar-refractivity contribution in [2.45, 2.75) is 24.1 Å². The minimum atomic E-state index is -3.42. The summed E-state index contributed by atoms with van der Waals surface area (Å²) in [6.45, 7) is 1.92. The van der Waals surface area contributed by atoms with E-state index in [1.165, 1.54) is 14.2 Å². The van der Waals surface area contributed by atoms with Crippen LogP contribution in [0.3, 0.4) is 0 Å². The van der Waals surface area contributed by atoms with Gasteiger partial charge in [0.05, 0.1) is 36.3 Å². The van der Waals surface area contributed by atoms with Gasteiger partial charge in [0.15, 0.2) is 0 Å². The summed E-state index contributed by atoms with van der Waals surface area (Å²) in [4.78, 5) is 27.4. The first-order chi connectivity index (χ1) is 12.8. The van der Waals surface area contributed by atoms with Crippen LogP contribution in [0.4, 0.5) is 5.69 Å². The quantitative estimate of drug-likeness (QED) is 0.520. The maximum Gasteiger partial charge on any atom is 0.354 e. The fourth-order valence-electron chi connectivity index (χ4n) is 2.12. The summed E-state index contributed by atoms with van der Waals surface area (Å²) in [5.74, 6) is -1.40. The maximum atomic E-state index is 12.3. The molecule has 1 N–H and O–H groups in total. The number of esters is 2. The molecule has 8 nitrogen and oxygen atoms in total. The molecular formula is C17H20N2O6S2. The fourth-order valence-corrected chi connectivity index (χ4v) is 4.97. The molecule has 146 valence electrons. The van der Waals surface area contributed by atoms with Crippen LogP contribution in [-0.4, -0.2) is 45.3 Å². The van der Waals surface area contributed by atoms with E-state index in [-0.39, 0.29) is 15.8 Å². The lowest BCUT2D eigenvalue weighted by molar-refractivity contribution is -0.138. The Bertz CT molecular complexity index is 978. The predicted molar refractivity (Wildman–Crippen MR) is 102 cm³/mol. The fraction of sp³-hybridized carbons (Fsp3) is 0.353. The smallest absolute Gasteiger partial charge is 0.354 e. The van der Waals surface area contributed by atoms with Gasteiger partial charge in [-0.25, -0.2) is 23.0 Å². The van der Waals surface area contributed by atoms with Crippen molar-refractivity contribution in [3.63, 3.8) is 0 Å². The Morgan fingerprint density at radius 3 is 2.63 bits per heavy atom. The number of sulfone groups is 1. The number of anilines is 1. The van der Waals surface area contributed by atoms with Gasteiger partial charge in [0, 0.05) is 5.69 Å². The minimum Gasteiger partial charge on any atom is -0.466 e. The summed E-state index contributed by atoms with van der Waals surface area (Å²) in [6.07, 6.45) is 2.33. The van der Waals surface area contributed by atoms with E-state index in [0.717, 1.165) is 23.8 Å². The van der Waals surface area contributed by atoms with Gasteiger partial charge < -0.3 is 14.8 Å². The van der Waals surface area contributed by atoms with Crippen molar-refractivity contribution in [3.05, 3.63) is 30.0 Å². The van der Waals surface area contributed by atoms with Gasteiger partial charge in [-0.05, 0) is 24.6 Å². The van der Waals surface area contributed by atoms with Crippen LogP contribution < -0.4 is 5.32 Å². The van der Waals surface area contributed by atoms with E-state index in [2.05, 4.69) is 19.8 Å². The molecule has 27 heavy (non-hydrogen) atoms. The normalized spacial score (nSPS) is 12.0. The SMILES string of the molecule is CCCCS(=O)(=O)c1nc2ccc(N/C(=C/C(=O)OC)C(=O)OC)cc2s1. The number of nitrogens with zero attached hydrogens (tertiary/aromatic N) is 1. The van der Waals surface area contributed by atoms with Crippen molar-refractivity contribution in [1.29, 1.82) is 0 Å². The first kappa shape index (κ1) is 20.8. The van der Waals surface area contributed by atoms with Gasteiger partial charge in [0.2, 0.25) is 14.2 Å². The molecule has 1 aromatic heterocycles. The van der Waals surface area contributed by atoms with Crippen LogP contribution >= 0.6 is 11.3 Å². The number of aromatic nitrogens is 1. The van der Waals surface area contributed by atoms with Crippen LogP contribution in [-0.2, 0) is 28.9 Å². The number of unbranched alkanes of at least 4 members (excludes halogenated alkanes) is 1. The minimum absolute atomic E-state index is 0.0583. The summed E-state index contributed by atoms with van der Waals surface area (Å²) in [7, 11) is -1.04. The van der Waals surface area contributed by atoms with Crippen LogP contribution in [0.25, 0.3) is 10.2 Å². The number of hydrogen-bond donors (Lipinski definition) is 1. The summed E-state index contributed by atoms with van der Waals surface area (Å²) >= 11 is 1.06. The Labute approximate surface area is 161 Å². The van der Waals surface area contributed by atoms with Crippen molar-refractivity contribution in [1.82, 2.24) is 4.98 Å². The number of ether oxygens (including phenoxy) is 2. The zero-order chi connectivity index (χ0) is 20.0. The Morgan fingerprint density at radius 2 is 2.00 bits per heavy atom. The summed E-state index contributed by atoms with van der Waals surface area (Å²) in [5.41, 5.74) is 0.908. The van der Waals surface area contributed by atoms with E-state index in [9.17, 15) is 18.0 Å². The number of hydrogen-bond acceptors (Lipinski definition) is 9. The Balaban J connectivity index is 2.34. The highest BCUT2D eigenvalue weighted by Crippen LogP contribution is 2.29. The monoisotopic (exact) mass is 412 g/mol. The maximum absolute atomic E-state index is 12.3. The van der Waals surface area contributed by atoms with Crippen LogP contribution in [0.5, 0.6) is 0 Å². The van der Waals surface area contributed by atoms with Crippen LogP contribution in [0.15, 0.2) is 34.3 Å². The van der Waals surface area contributed by atoms with Gasteiger partial charge in [-0.15, -0.1) is 11.3 Å². The zero-order valence-electron chi connectivity index (χ0n) is 15.1. The Morgan fingerprint density at radius 1 is 1.26 bits per heavy atom. The number of nitrogens with one attached hydrogen (secondary N) is 1. The van der Waals surface area contributed by atoms with Crippen LogP contribution in [0.2, 0.25) is 0 Å². The molecule has 2 rings (SSSR count). The van der Waals surface area contributed by atoms with Crippen LogP contribution in [0, 0.1) is 0 Å². The van der Waals surface area contributed by atoms with Gasteiger partial charge in [0.25, 0.3) is 0 Å². The Kier molecular flexibility index (Phi) is 6.92. The second kappa shape index (κ2) is 8.96. The molecular weight excluding hydrogens is 392 g/mol. The third-order valence-corrected chi connectivity index (χ3v) is 6.82. The van der Waals surface area contributed by atoms with Crippen molar-refractivity contribution >= 4 is 49.0 Å².